The number of nitrogens with zero attached hydrogens (tertiary/aromatic N) is 2. The molecule has 2 fully saturated rings. The molecule has 0 bridgehead atoms. The van der Waals surface area contributed by atoms with Gasteiger partial charge in [0.05, 0.1) is 0 Å². The Morgan fingerprint density at radius 1 is 0.762 bits per heavy atom. The van der Waals surface area contributed by atoms with Crippen molar-refractivity contribution in [3.8, 4) is 0 Å². The second-order valence-electron chi connectivity index (χ2n) is 6.39. The summed E-state index contributed by atoms with van der Waals surface area (Å²) in [5, 5.41) is 1.53. The molecule has 0 saturated carbocycles. The lowest BCUT2D eigenvalue weighted by Gasteiger charge is -2.50. The maximum atomic E-state index is 4.34. The van der Waals surface area contributed by atoms with Crippen LogP contribution in [0.15, 0.2) is 42.6 Å². The molecule has 0 radical (unpaired) electrons. The third-order valence-corrected chi connectivity index (χ3v) is 9.73. The largest absolute Gasteiger partial charge is 0.305 e. The third kappa shape index (κ3) is 2.87. The summed E-state index contributed by atoms with van der Waals surface area (Å²) >= 11 is 0. The molecule has 2 heterocycles. The van der Waals surface area contributed by atoms with Crippen LogP contribution in [0.1, 0.15) is 38.5 Å². The molecule has 2 saturated heterocycles. The van der Waals surface area contributed by atoms with Gasteiger partial charge in [-0.25, -0.2) is 0 Å². The molecule has 2 aliphatic heterocycles. The van der Waals surface area contributed by atoms with Crippen molar-refractivity contribution in [2.75, 3.05) is 26.2 Å². The highest BCUT2D eigenvalue weighted by atomic mass is 28.3. The Morgan fingerprint density at radius 2 is 1.24 bits per heavy atom. The molecular weight excluding hydrogens is 272 g/mol. The molecule has 0 amide bonds. The summed E-state index contributed by atoms with van der Waals surface area (Å²) in [4.78, 5) is 0. The molecule has 0 atom stereocenters. The van der Waals surface area contributed by atoms with E-state index in [1.54, 1.807) is 0 Å². The van der Waals surface area contributed by atoms with E-state index in [-0.39, 0.29) is 0 Å². The van der Waals surface area contributed by atoms with Crippen LogP contribution < -0.4 is 5.19 Å². The van der Waals surface area contributed by atoms with Crippen LogP contribution in [0.3, 0.4) is 0 Å². The van der Waals surface area contributed by atoms with Gasteiger partial charge in [-0.3, -0.25) is 0 Å². The van der Waals surface area contributed by atoms with Crippen LogP contribution in [0.25, 0.3) is 0 Å². The first kappa shape index (κ1) is 15.0. The minimum atomic E-state index is -1.91. The molecule has 1 aromatic carbocycles. The molecule has 1 aromatic rings. The van der Waals surface area contributed by atoms with Crippen molar-refractivity contribution < 1.29 is 0 Å². The average Bonchev–Trinajstić information content (AvgIpc) is 2.59. The van der Waals surface area contributed by atoms with Crippen molar-refractivity contribution in [1.82, 2.24) is 9.13 Å². The standard InChI is InChI=1S/C18H28N2Si/c1-2-21(18-12-6-3-7-13-18,19-14-8-4-9-15-19)20-16-10-5-11-17-20/h2-3,6-7,12-13H,1,4-5,8-11,14-17H2. The van der Waals surface area contributed by atoms with E-state index in [0.717, 1.165) is 0 Å². The van der Waals surface area contributed by atoms with Crippen LogP contribution in [-0.4, -0.2) is 43.7 Å². The molecular formula is C18H28N2Si. The molecule has 0 unspecified atom stereocenters. The number of hydrogen-bond donors (Lipinski definition) is 0. The lowest BCUT2D eigenvalue weighted by Crippen LogP contribution is -2.73. The van der Waals surface area contributed by atoms with Crippen LogP contribution in [0, 0.1) is 0 Å². The van der Waals surface area contributed by atoms with Gasteiger partial charge in [-0.1, -0.05) is 48.9 Å². The summed E-state index contributed by atoms with van der Waals surface area (Å²) in [6, 6.07) is 11.2. The maximum absolute atomic E-state index is 4.34. The Labute approximate surface area is 130 Å². The van der Waals surface area contributed by atoms with Gasteiger partial charge < -0.3 is 9.13 Å². The van der Waals surface area contributed by atoms with Gasteiger partial charge in [-0.15, -0.1) is 6.58 Å². The molecule has 2 aliphatic rings. The predicted molar refractivity (Wildman–Crippen MR) is 92.9 cm³/mol. The van der Waals surface area contributed by atoms with Crippen LogP contribution in [-0.2, 0) is 0 Å². The van der Waals surface area contributed by atoms with Crippen molar-refractivity contribution in [2.45, 2.75) is 38.5 Å². The van der Waals surface area contributed by atoms with Gasteiger partial charge in [0.1, 0.15) is 0 Å². The zero-order valence-corrected chi connectivity index (χ0v) is 14.1. The monoisotopic (exact) mass is 300 g/mol. The van der Waals surface area contributed by atoms with Crippen LogP contribution in [0.2, 0.25) is 0 Å². The van der Waals surface area contributed by atoms with Gasteiger partial charge in [0.15, 0.2) is 0 Å². The fraction of sp³-hybridized carbons (Fsp3) is 0.556. The topological polar surface area (TPSA) is 6.48 Å². The van der Waals surface area contributed by atoms with E-state index in [1.807, 2.05) is 0 Å². The summed E-state index contributed by atoms with van der Waals surface area (Å²) in [5.74, 6) is 0. The van der Waals surface area contributed by atoms with E-state index in [9.17, 15) is 0 Å². The number of piperidine rings is 2. The smallest absolute Gasteiger partial charge is 0.264 e. The SMILES string of the molecule is C=C[Si](c1ccccc1)(N1CCCCC1)N1CCCCC1. The Balaban J connectivity index is 2.00. The highest BCUT2D eigenvalue weighted by molar-refractivity contribution is 6.91. The van der Waals surface area contributed by atoms with E-state index < -0.39 is 8.40 Å². The van der Waals surface area contributed by atoms with Crippen molar-refractivity contribution in [1.29, 1.82) is 0 Å². The second kappa shape index (κ2) is 6.90. The van der Waals surface area contributed by atoms with Crippen LogP contribution in [0.5, 0.6) is 0 Å². The number of benzene rings is 1. The van der Waals surface area contributed by atoms with Gasteiger partial charge in [-0.2, -0.15) is 0 Å². The fourth-order valence-corrected chi connectivity index (χ4v) is 8.66. The Bertz CT molecular complexity index is 430. The Morgan fingerprint density at radius 3 is 1.67 bits per heavy atom. The quantitative estimate of drug-likeness (QED) is 0.789. The summed E-state index contributed by atoms with van der Waals surface area (Å²) in [6.07, 6.45) is 8.19. The van der Waals surface area contributed by atoms with Crippen LogP contribution >= 0.6 is 0 Å². The van der Waals surface area contributed by atoms with Crippen molar-refractivity contribution >= 4 is 13.6 Å². The van der Waals surface area contributed by atoms with Gasteiger partial charge in [0.25, 0.3) is 8.40 Å². The number of hydrogen-bond acceptors (Lipinski definition) is 2. The lowest BCUT2D eigenvalue weighted by atomic mass is 10.2. The molecule has 2 nitrogen and oxygen atoms in total. The normalized spacial score (nSPS) is 22.1. The minimum absolute atomic E-state index is 1.25. The van der Waals surface area contributed by atoms with Gasteiger partial charge in [-0.05, 0) is 57.0 Å². The Hall–Kier alpha value is -0.903. The first-order chi connectivity index (χ1) is 10.4. The highest BCUT2D eigenvalue weighted by Crippen LogP contribution is 2.25. The summed E-state index contributed by atoms with van der Waals surface area (Å²) in [5.41, 5.74) is 2.35. The second-order valence-corrected chi connectivity index (χ2v) is 10.1. The van der Waals surface area contributed by atoms with E-state index in [0.29, 0.717) is 0 Å². The third-order valence-electron chi connectivity index (χ3n) is 5.16. The fourth-order valence-electron chi connectivity index (χ4n) is 4.09. The van der Waals surface area contributed by atoms with E-state index in [2.05, 4.69) is 51.7 Å². The Kier molecular flexibility index (Phi) is 4.94. The zero-order valence-electron chi connectivity index (χ0n) is 13.1. The lowest BCUT2D eigenvalue weighted by molar-refractivity contribution is 0.273. The molecule has 3 heteroatoms. The molecule has 114 valence electrons. The van der Waals surface area contributed by atoms with Gasteiger partial charge in [0.2, 0.25) is 0 Å². The highest BCUT2D eigenvalue weighted by Gasteiger charge is 2.45. The molecule has 3 rings (SSSR count). The summed E-state index contributed by atoms with van der Waals surface area (Å²) in [7, 11) is -1.91. The van der Waals surface area contributed by atoms with Crippen LogP contribution in [0.4, 0.5) is 0 Å². The van der Waals surface area contributed by atoms with Crippen molar-refractivity contribution in [3.05, 3.63) is 42.6 Å². The van der Waals surface area contributed by atoms with Gasteiger partial charge >= 0.3 is 0 Å². The van der Waals surface area contributed by atoms with Crippen molar-refractivity contribution in [3.63, 3.8) is 0 Å². The maximum Gasteiger partial charge on any atom is 0.264 e. The molecule has 0 aromatic heterocycles. The molecule has 0 aliphatic carbocycles. The summed E-state index contributed by atoms with van der Waals surface area (Å²) in [6.45, 7) is 9.35. The van der Waals surface area contributed by atoms with E-state index in [4.69, 9.17) is 0 Å². The van der Waals surface area contributed by atoms with E-state index >= 15 is 0 Å². The summed E-state index contributed by atoms with van der Waals surface area (Å²) < 4.78 is 5.62. The molecule has 0 spiro atoms. The number of rotatable bonds is 4. The average molecular weight is 301 g/mol. The first-order valence-electron chi connectivity index (χ1n) is 8.57. The zero-order chi connectivity index (χ0) is 14.5. The van der Waals surface area contributed by atoms with E-state index in [1.165, 1.54) is 69.9 Å². The first-order valence-corrected chi connectivity index (χ1v) is 10.5. The molecule has 0 N–H and O–H groups in total. The minimum Gasteiger partial charge on any atom is -0.305 e. The molecule has 21 heavy (non-hydrogen) atoms. The van der Waals surface area contributed by atoms with Crippen molar-refractivity contribution in [2.24, 2.45) is 0 Å². The van der Waals surface area contributed by atoms with Gasteiger partial charge in [0, 0.05) is 0 Å². The predicted octanol–water partition coefficient (Wildman–Crippen LogP) is 3.03.